The first-order valence-corrected chi connectivity index (χ1v) is 29.5. The topological polar surface area (TPSA) is 250 Å². The zero-order valence-electron chi connectivity index (χ0n) is 46.4. The highest BCUT2D eigenvalue weighted by Crippen LogP contribution is 2.38. The maximum absolute atomic E-state index is 12.4. The SMILES string of the molecule is CCCC(CCOC(=O)CCCOCCOCCOCCOCCOCCOCCOCCOC)SSC(CCC)CCOC(=O)NCCOCCOCCOCCOCCOCCOCCOCCOCCC(=O)O. The molecule has 0 aliphatic rings. The molecule has 2 N–H and O–H groups in total. The largest absolute Gasteiger partial charge is 0.481 e. The minimum atomic E-state index is -0.884. The number of rotatable bonds is 65. The third-order valence-corrected chi connectivity index (χ3v) is 13.4. The van der Waals surface area contributed by atoms with Crippen molar-refractivity contribution in [2.24, 2.45) is 0 Å². The standard InChI is InChI=1S/C51H99NO22S2/c1-4-7-47(10-16-73-50(55)9-6-14-58-21-24-62-29-32-66-37-40-70-44-43-69-36-35-65-28-27-61-20-19-57-3)75-76-48(8-5-2)11-17-74-51(56)52-13-18-60-23-26-64-31-34-68-39-42-72-46-45-71-41-38-67-33-30-63-25-22-59-15-12-49(53)54/h47-48H,4-46H2,1-3H3,(H,52,56)(H,53,54). The fourth-order valence-corrected chi connectivity index (χ4v) is 9.36. The molecule has 76 heavy (non-hydrogen) atoms. The number of amides is 1. The van der Waals surface area contributed by atoms with Crippen molar-refractivity contribution in [1.29, 1.82) is 0 Å². The third kappa shape index (κ3) is 61.5. The minimum absolute atomic E-state index is 0.0147. The lowest BCUT2D eigenvalue weighted by Crippen LogP contribution is -2.29. The molecule has 0 fully saturated rings. The Kier molecular flexibility index (Phi) is 62.6. The highest BCUT2D eigenvalue weighted by Gasteiger charge is 2.17. The average Bonchev–Trinajstić information content (AvgIpc) is 3.41. The molecular formula is C51H99NO22S2. The molecule has 0 heterocycles. The van der Waals surface area contributed by atoms with Gasteiger partial charge >= 0.3 is 18.0 Å². The molecular weight excluding hydrogens is 1040 g/mol. The van der Waals surface area contributed by atoms with Crippen LogP contribution in [0.3, 0.4) is 0 Å². The number of carboxylic acid groups (broad SMARTS) is 1. The van der Waals surface area contributed by atoms with Crippen LogP contribution < -0.4 is 5.32 Å². The summed E-state index contributed by atoms with van der Waals surface area (Å²) in [5.41, 5.74) is 0. The quantitative estimate of drug-likeness (QED) is 0.0467. The van der Waals surface area contributed by atoms with Crippen LogP contribution in [0, 0.1) is 0 Å². The Hall–Kier alpha value is -1.73. The lowest BCUT2D eigenvalue weighted by atomic mass is 10.2. The molecule has 2 atom stereocenters. The predicted octanol–water partition coefficient (Wildman–Crippen LogP) is 4.91. The van der Waals surface area contributed by atoms with Gasteiger partial charge in [-0.1, -0.05) is 48.3 Å². The van der Waals surface area contributed by atoms with Crippen LogP contribution >= 0.6 is 21.6 Å². The van der Waals surface area contributed by atoms with E-state index in [1.54, 1.807) is 7.11 Å². The fraction of sp³-hybridized carbons (Fsp3) is 0.941. The summed E-state index contributed by atoms with van der Waals surface area (Å²) in [6, 6.07) is 0. The van der Waals surface area contributed by atoms with Gasteiger partial charge in [-0.05, 0) is 32.1 Å². The number of carbonyl (C=O) groups is 3. The number of alkyl carbamates (subject to hydrolysis) is 1. The summed E-state index contributed by atoms with van der Waals surface area (Å²) in [5, 5.41) is 12.0. The molecule has 23 nitrogen and oxygen atoms in total. The van der Waals surface area contributed by atoms with Crippen LogP contribution in [0.15, 0.2) is 0 Å². The van der Waals surface area contributed by atoms with Gasteiger partial charge in [-0.15, -0.1) is 0 Å². The smallest absolute Gasteiger partial charge is 0.407 e. The first-order valence-electron chi connectivity index (χ1n) is 27.2. The average molecular weight is 1140 g/mol. The number of methoxy groups -OCH3 is 1. The van der Waals surface area contributed by atoms with Gasteiger partial charge in [0.25, 0.3) is 0 Å². The Bertz CT molecular complexity index is 1210. The van der Waals surface area contributed by atoms with E-state index >= 15 is 0 Å². The van der Waals surface area contributed by atoms with E-state index in [4.69, 9.17) is 90.4 Å². The summed E-state index contributed by atoms with van der Waals surface area (Å²) >= 11 is 0. The molecule has 0 aromatic rings. The van der Waals surface area contributed by atoms with E-state index in [9.17, 15) is 14.4 Å². The van der Waals surface area contributed by atoms with E-state index in [0.717, 1.165) is 38.5 Å². The number of nitrogens with one attached hydrogen (secondary N) is 1. The number of hydrogen-bond acceptors (Lipinski definition) is 23. The first-order chi connectivity index (χ1) is 37.4. The zero-order valence-corrected chi connectivity index (χ0v) is 48.0. The van der Waals surface area contributed by atoms with E-state index in [0.29, 0.717) is 241 Å². The summed E-state index contributed by atoms with van der Waals surface area (Å²) in [4.78, 5) is 35.0. The second-order valence-corrected chi connectivity index (χ2v) is 19.2. The molecule has 0 spiro atoms. The first kappa shape index (κ1) is 74.3. The molecule has 0 aromatic carbocycles. The number of carboxylic acids is 1. The summed E-state index contributed by atoms with van der Waals surface area (Å²) in [5.74, 6) is -1.10. The Labute approximate surface area is 462 Å². The number of esters is 1. The van der Waals surface area contributed by atoms with Crippen molar-refractivity contribution in [3.8, 4) is 0 Å². The molecule has 2 unspecified atom stereocenters. The monoisotopic (exact) mass is 1140 g/mol. The highest BCUT2D eigenvalue weighted by molar-refractivity contribution is 8.77. The van der Waals surface area contributed by atoms with Crippen LogP contribution in [0.1, 0.15) is 71.6 Å². The second-order valence-electron chi connectivity index (χ2n) is 16.3. The normalized spacial score (nSPS) is 12.3. The van der Waals surface area contributed by atoms with Crippen molar-refractivity contribution in [2.75, 3.05) is 232 Å². The van der Waals surface area contributed by atoms with E-state index in [1.165, 1.54) is 0 Å². The number of hydrogen-bond donors (Lipinski definition) is 2. The molecule has 0 saturated heterocycles. The zero-order chi connectivity index (χ0) is 55.1. The van der Waals surface area contributed by atoms with Gasteiger partial charge in [0.1, 0.15) is 0 Å². The molecule has 0 aliphatic heterocycles. The third-order valence-electron chi connectivity index (χ3n) is 9.84. The lowest BCUT2D eigenvalue weighted by molar-refractivity contribution is -0.144. The van der Waals surface area contributed by atoms with E-state index in [2.05, 4.69) is 19.2 Å². The second kappa shape index (κ2) is 64.1. The van der Waals surface area contributed by atoms with E-state index in [1.807, 2.05) is 21.6 Å². The predicted molar refractivity (Wildman–Crippen MR) is 288 cm³/mol. The van der Waals surface area contributed by atoms with Crippen molar-refractivity contribution in [1.82, 2.24) is 5.32 Å². The molecule has 452 valence electrons. The van der Waals surface area contributed by atoms with Crippen molar-refractivity contribution in [3.05, 3.63) is 0 Å². The van der Waals surface area contributed by atoms with Gasteiger partial charge < -0.3 is 95.7 Å². The number of ether oxygens (including phenoxy) is 18. The molecule has 25 heteroatoms. The highest BCUT2D eigenvalue weighted by atomic mass is 33.1. The summed E-state index contributed by atoms with van der Waals surface area (Å²) in [6.07, 6.45) is 6.08. The van der Waals surface area contributed by atoms with Gasteiger partial charge in [0.2, 0.25) is 0 Å². The molecule has 0 aromatic heterocycles. The van der Waals surface area contributed by atoms with Crippen LogP contribution in [0.2, 0.25) is 0 Å². The summed E-state index contributed by atoms with van der Waals surface area (Å²) in [7, 11) is 5.32. The van der Waals surface area contributed by atoms with Crippen molar-refractivity contribution in [2.45, 2.75) is 82.1 Å². The van der Waals surface area contributed by atoms with Crippen LogP contribution in [-0.2, 0) is 94.9 Å². The van der Waals surface area contributed by atoms with Crippen LogP contribution in [0.4, 0.5) is 4.79 Å². The maximum Gasteiger partial charge on any atom is 0.407 e. The van der Waals surface area contributed by atoms with Crippen LogP contribution in [0.25, 0.3) is 0 Å². The molecule has 0 bridgehead atoms. The number of carbonyl (C=O) groups excluding carboxylic acids is 2. The lowest BCUT2D eigenvalue weighted by Gasteiger charge is -2.20. The van der Waals surface area contributed by atoms with Crippen LogP contribution in [-0.4, -0.2) is 265 Å². The Morgan fingerprint density at radius 1 is 0.368 bits per heavy atom. The Morgan fingerprint density at radius 2 is 0.671 bits per heavy atom. The minimum Gasteiger partial charge on any atom is -0.481 e. The van der Waals surface area contributed by atoms with E-state index in [-0.39, 0.29) is 19.0 Å². The summed E-state index contributed by atoms with van der Waals surface area (Å²) < 4.78 is 97.6. The van der Waals surface area contributed by atoms with E-state index < -0.39 is 12.1 Å². The van der Waals surface area contributed by atoms with Crippen molar-refractivity contribution >= 4 is 39.6 Å². The fourth-order valence-electron chi connectivity index (χ4n) is 5.90. The van der Waals surface area contributed by atoms with Gasteiger partial charge in [0.05, 0.1) is 218 Å². The number of aliphatic carboxylic acids is 1. The van der Waals surface area contributed by atoms with Gasteiger partial charge in [-0.3, -0.25) is 9.59 Å². The molecule has 0 rings (SSSR count). The molecule has 0 saturated carbocycles. The molecule has 0 aliphatic carbocycles. The van der Waals surface area contributed by atoms with Gasteiger partial charge in [0, 0.05) is 37.2 Å². The summed E-state index contributed by atoms with van der Waals surface area (Å²) in [6.45, 7) is 19.4. The molecule has 0 radical (unpaired) electrons. The van der Waals surface area contributed by atoms with Crippen molar-refractivity contribution < 1.29 is 105 Å². The van der Waals surface area contributed by atoms with Gasteiger partial charge in [-0.25, -0.2) is 4.79 Å². The van der Waals surface area contributed by atoms with Gasteiger partial charge in [-0.2, -0.15) is 0 Å². The van der Waals surface area contributed by atoms with Crippen molar-refractivity contribution in [3.63, 3.8) is 0 Å². The Morgan fingerprint density at radius 3 is 1.00 bits per heavy atom. The Balaban J connectivity index is 3.64. The maximum atomic E-state index is 12.4. The van der Waals surface area contributed by atoms with Crippen LogP contribution in [0.5, 0.6) is 0 Å². The van der Waals surface area contributed by atoms with Gasteiger partial charge in [0.15, 0.2) is 0 Å². The molecule has 1 amide bonds.